The number of ether oxygens (including phenoxy) is 1. The third-order valence-electron chi connectivity index (χ3n) is 16.8. The number of amides is 1. The van der Waals surface area contributed by atoms with Gasteiger partial charge in [0.1, 0.15) is 0 Å². The van der Waals surface area contributed by atoms with Crippen molar-refractivity contribution in [2.45, 2.75) is 405 Å². The second kappa shape index (κ2) is 70.3. The molecular weight excluding hydrogens is 995 g/mol. The number of aliphatic hydroxyl groups is 2. The van der Waals surface area contributed by atoms with Gasteiger partial charge in [-0.25, -0.2) is 0 Å². The van der Waals surface area contributed by atoms with Crippen LogP contribution >= 0.6 is 0 Å². The Morgan fingerprint density at radius 1 is 0.346 bits per heavy atom. The van der Waals surface area contributed by atoms with Gasteiger partial charge in [0.15, 0.2) is 0 Å². The van der Waals surface area contributed by atoms with Crippen LogP contribution in [0.3, 0.4) is 0 Å². The summed E-state index contributed by atoms with van der Waals surface area (Å²) in [6, 6.07) is -0.626. The zero-order chi connectivity index (χ0) is 58.5. The van der Waals surface area contributed by atoms with Gasteiger partial charge in [-0.05, 0) is 89.9 Å². The van der Waals surface area contributed by atoms with E-state index >= 15 is 0 Å². The minimum atomic E-state index is -0.843. The first-order valence-corrected chi connectivity index (χ1v) is 36.4. The molecule has 0 fully saturated rings. The molecular formula is C75H141NO5. The van der Waals surface area contributed by atoms with E-state index in [0.717, 1.165) is 51.4 Å². The van der Waals surface area contributed by atoms with Crippen molar-refractivity contribution in [1.29, 1.82) is 0 Å². The quantitative estimate of drug-likeness (QED) is 0.0320. The highest BCUT2D eigenvalue weighted by molar-refractivity contribution is 5.76. The van der Waals surface area contributed by atoms with Crippen molar-refractivity contribution in [3.05, 3.63) is 48.6 Å². The first-order valence-electron chi connectivity index (χ1n) is 36.4. The molecule has 0 aliphatic carbocycles. The zero-order valence-corrected chi connectivity index (χ0v) is 54.5. The van der Waals surface area contributed by atoms with Gasteiger partial charge in [-0.2, -0.15) is 0 Å². The van der Waals surface area contributed by atoms with Crippen molar-refractivity contribution in [3.63, 3.8) is 0 Å². The summed E-state index contributed by atoms with van der Waals surface area (Å²) in [6.45, 7) is 4.92. The van der Waals surface area contributed by atoms with Gasteiger partial charge in [-0.1, -0.05) is 339 Å². The number of aliphatic hydroxyl groups excluding tert-OH is 2. The van der Waals surface area contributed by atoms with Crippen LogP contribution in [0.4, 0.5) is 0 Å². The van der Waals surface area contributed by atoms with Gasteiger partial charge in [-0.3, -0.25) is 9.59 Å². The Kier molecular flexibility index (Phi) is 68.4. The van der Waals surface area contributed by atoms with Crippen LogP contribution in [0.5, 0.6) is 0 Å². The van der Waals surface area contributed by atoms with Crippen molar-refractivity contribution < 1.29 is 24.5 Å². The summed E-state index contributed by atoms with van der Waals surface area (Å²) in [7, 11) is 0. The number of rotatable bonds is 68. The number of carbonyl (C=O) groups excluding carboxylic acids is 2. The normalized spacial score (nSPS) is 12.8. The van der Waals surface area contributed by atoms with Crippen molar-refractivity contribution in [2.24, 2.45) is 0 Å². The van der Waals surface area contributed by atoms with Crippen LogP contribution in [-0.2, 0) is 14.3 Å². The van der Waals surface area contributed by atoms with Gasteiger partial charge in [-0.15, -0.1) is 0 Å². The smallest absolute Gasteiger partial charge is 0.305 e. The molecule has 81 heavy (non-hydrogen) atoms. The van der Waals surface area contributed by atoms with Gasteiger partial charge >= 0.3 is 5.97 Å². The van der Waals surface area contributed by atoms with Gasteiger partial charge in [0.2, 0.25) is 5.91 Å². The summed E-state index contributed by atoms with van der Waals surface area (Å²) in [5.41, 5.74) is 0. The van der Waals surface area contributed by atoms with E-state index in [1.54, 1.807) is 6.08 Å². The Morgan fingerprint density at radius 2 is 0.617 bits per heavy atom. The molecule has 0 aromatic rings. The maximum Gasteiger partial charge on any atom is 0.305 e. The molecule has 0 aliphatic heterocycles. The highest BCUT2D eigenvalue weighted by atomic mass is 16.5. The third kappa shape index (κ3) is 66.8. The monoisotopic (exact) mass is 1140 g/mol. The Morgan fingerprint density at radius 3 is 0.951 bits per heavy atom. The summed E-state index contributed by atoms with van der Waals surface area (Å²) in [6.07, 6.45) is 92.1. The topological polar surface area (TPSA) is 95.9 Å². The molecule has 476 valence electrons. The van der Waals surface area contributed by atoms with E-state index in [1.165, 1.54) is 315 Å². The zero-order valence-electron chi connectivity index (χ0n) is 54.5. The fourth-order valence-corrected chi connectivity index (χ4v) is 11.3. The molecule has 0 aromatic heterocycles. The molecule has 6 heteroatoms. The molecule has 2 atom stereocenters. The summed E-state index contributed by atoms with van der Waals surface area (Å²) in [5.74, 6) is -0.0539. The second-order valence-electron chi connectivity index (χ2n) is 24.9. The predicted octanol–water partition coefficient (Wildman–Crippen LogP) is 23.6. The number of esters is 1. The third-order valence-corrected chi connectivity index (χ3v) is 16.8. The number of hydrogen-bond acceptors (Lipinski definition) is 5. The summed E-state index contributed by atoms with van der Waals surface area (Å²) >= 11 is 0. The van der Waals surface area contributed by atoms with Crippen molar-refractivity contribution in [1.82, 2.24) is 5.32 Å². The van der Waals surface area contributed by atoms with Crippen LogP contribution < -0.4 is 5.32 Å². The lowest BCUT2D eigenvalue weighted by molar-refractivity contribution is -0.143. The number of hydrogen-bond donors (Lipinski definition) is 3. The highest BCUT2D eigenvalue weighted by Crippen LogP contribution is 2.18. The van der Waals surface area contributed by atoms with Crippen molar-refractivity contribution >= 4 is 11.9 Å². The van der Waals surface area contributed by atoms with Crippen LogP contribution in [0.15, 0.2) is 48.6 Å². The molecule has 3 N–H and O–H groups in total. The molecule has 0 rings (SSSR count). The maximum absolute atomic E-state index is 12.5. The van der Waals surface area contributed by atoms with Gasteiger partial charge in [0, 0.05) is 12.8 Å². The molecule has 0 heterocycles. The fourth-order valence-electron chi connectivity index (χ4n) is 11.3. The van der Waals surface area contributed by atoms with E-state index in [1.807, 2.05) is 6.08 Å². The molecule has 0 aliphatic rings. The van der Waals surface area contributed by atoms with Gasteiger partial charge < -0.3 is 20.3 Å². The van der Waals surface area contributed by atoms with E-state index in [9.17, 15) is 19.8 Å². The SMILES string of the molecule is CCCCCCCCC/C=C\CCCCCCCCCC(=O)OCCCCCCCCCCC/C=C\C/C=C\CCCCCCCCCCCCCCCCCCCC(=O)NC(CO)C(O)/C=C/CCCCCCCCCCCCC. The molecule has 6 nitrogen and oxygen atoms in total. The number of carbonyl (C=O) groups is 2. The number of allylic oxidation sites excluding steroid dienone is 7. The summed E-state index contributed by atoms with van der Waals surface area (Å²) < 4.78 is 5.50. The average molecular weight is 1140 g/mol. The molecule has 0 saturated heterocycles. The van der Waals surface area contributed by atoms with Crippen LogP contribution in [0, 0.1) is 0 Å². The largest absolute Gasteiger partial charge is 0.466 e. The lowest BCUT2D eigenvalue weighted by atomic mass is 10.0. The fraction of sp³-hybridized carbons (Fsp3) is 0.867. The molecule has 2 unspecified atom stereocenters. The molecule has 0 aromatic carbocycles. The first kappa shape index (κ1) is 78.8. The molecule has 0 radical (unpaired) electrons. The van der Waals surface area contributed by atoms with Crippen LogP contribution in [-0.4, -0.2) is 47.4 Å². The van der Waals surface area contributed by atoms with E-state index in [0.29, 0.717) is 19.4 Å². The predicted molar refractivity (Wildman–Crippen MR) is 356 cm³/mol. The Bertz CT molecular complexity index is 1360. The maximum atomic E-state index is 12.5. The molecule has 0 bridgehead atoms. The van der Waals surface area contributed by atoms with Crippen molar-refractivity contribution in [2.75, 3.05) is 13.2 Å². The Hall–Kier alpha value is -2.18. The summed E-state index contributed by atoms with van der Waals surface area (Å²) in [4.78, 5) is 24.6. The molecule has 0 saturated carbocycles. The van der Waals surface area contributed by atoms with Crippen molar-refractivity contribution in [3.8, 4) is 0 Å². The lowest BCUT2D eigenvalue weighted by Gasteiger charge is -2.20. The number of unbranched alkanes of at least 4 members (excludes halogenated alkanes) is 51. The molecule has 0 spiro atoms. The Labute approximate surface area is 506 Å². The lowest BCUT2D eigenvalue weighted by Crippen LogP contribution is -2.45. The minimum Gasteiger partial charge on any atom is -0.466 e. The van der Waals surface area contributed by atoms with E-state index in [2.05, 4.69) is 55.6 Å². The first-order chi connectivity index (χ1) is 40.0. The van der Waals surface area contributed by atoms with Gasteiger partial charge in [0.25, 0.3) is 0 Å². The van der Waals surface area contributed by atoms with Crippen LogP contribution in [0.25, 0.3) is 0 Å². The van der Waals surface area contributed by atoms with Gasteiger partial charge in [0.05, 0.1) is 25.4 Å². The average Bonchev–Trinajstić information content (AvgIpc) is 3.47. The van der Waals surface area contributed by atoms with E-state index in [-0.39, 0.29) is 18.5 Å². The second-order valence-corrected chi connectivity index (χ2v) is 24.9. The van der Waals surface area contributed by atoms with Crippen LogP contribution in [0.2, 0.25) is 0 Å². The minimum absolute atomic E-state index is 0.0112. The highest BCUT2D eigenvalue weighted by Gasteiger charge is 2.18. The van der Waals surface area contributed by atoms with E-state index < -0.39 is 12.1 Å². The molecule has 1 amide bonds. The summed E-state index contributed by atoms with van der Waals surface area (Å²) in [5, 5.41) is 23.1. The van der Waals surface area contributed by atoms with Crippen LogP contribution in [0.1, 0.15) is 393 Å². The Balaban J connectivity index is 3.38. The standard InChI is InChI=1S/C75H141NO5/c1-3-5-7-9-11-13-15-17-18-19-38-41-45-49-53-57-61-65-69-75(80)81-70-66-62-58-54-50-46-42-39-36-34-32-30-28-26-24-22-20-21-23-25-27-29-31-33-35-37-40-44-48-52-56-60-64-68-74(79)76-72(71-77)73(78)67-63-59-55-51-47-43-16-14-12-10-8-6-4-2/h18-19,24,26,30,32,63,67,72-73,77-78H,3-17,20-23,25,27-29,31,33-62,64-66,68-71H2,1-2H3,(H,76,79)/b19-18-,26-24-,32-30-,67-63+. The van der Waals surface area contributed by atoms with E-state index in [4.69, 9.17) is 4.74 Å². The number of nitrogens with one attached hydrogen (secondary N) is 1.